The molecule has 1 unspecified atom stereocenters. The molecule has 5 N–H and O–H groups in total. The lowest BCUT2D eigenvalue weighted by Gasteiger charge is -2.36. The number of nitriles is 2. The number of benzene rings is 3. The molecule has 7 rings (SSSR count). The van der Waals surface area contributed by atoms with Gasteiger partial charge < -0.3 is 26.1 Å². The van der Waals surface area contributed by atoms with Crippen LogP contribution in [0, 0.1) is 28.6 Å². The van der Waals surface area contributed by atoms with Crippen molar-refractivity contribution in [1.29, 1.82) is 10.5 Å². The number of allylic oxidation sites excluding steroid dienone is 1. The van der Waals surface area contributed by atoms with Gasteiger partial charge in [-0.05, 0) is 67.9 Å². The number of hydrogen-bond acceptors (Lipinski definition) is 10. The first-order valence-corrected chi connectivity index (χ1v) is 16.3. The first-order chi connectivity index (χ1) is 25.1. The smallest absolute Gasteiger partial charge is 0.270 e. The highest BCUT2D eigenvalue weighted by Gasteiger charge is 2.47. The summed E-state index contributed by atoms with van der Waals surface area (Å²) in [7, 11) is 0. The Labute approximate surface area is 298 Å². The third kappa shape index (κ3) is 7.22. The van der Waals surface area contributed by atoms with Crippen molar-refractivity contribution in [2.24, 2.45) is 5.92 Å². The topological polar surface area (TPSA) is 209 Å². The fraction of sp³-hybridized carbons (Fsp3) is 0.216. The highest BCUT2D eigenvalue weighted by molar-refractivity contribution is 6.11. The maximum atomic E-state index is 13.4. The van der Waals surface area contributed by atoms with Gasteiger partial charge in [0.2, 0.25) is 5.91 Å². The SMILES string of the molecule is CC1=CN2NC[C@H](C(=O)Nc3cccc(C#N)c3)C2C(=O)N1c1ccc(CO)cc1.C[C@H]1Cn2ncc(C(=O)Nc3cccc(C#N)c3)c2C(=O)N1. The van der Waals surface area contributed by atoms with Crippen LogP contribution in [0.1, 0.15) is 51.4 Å². The van der Waals surface area contributed by atoms with Gasteiger partial charge in [0.1, 0.15) is 11.7 Å². The van der Waals surface area contributed by atoms with E-state index >= 15 is 0 Å². The van der Waals surface area contributed by atoms with Gasteiger partial charge in [-0.15, -0.1) is 0 Å². The standard InChI is InChI=1S/C22H21N5O3.C15H13N5O2/c1-14-12-26-20(22(30)27(14)18-7-5-15(13-28)6-8-18)19(11-24-26)21(29)25-17-4-2-3-16(9-17)10-23;1-9-8-20-13(15(22)18-9)12(7-17-20)14(21)19-11-4-2-3-10(5-11)6-16/h2-9,12,19-20,24,28H,11,13H2,1H3,(H,25,29);2-5,7,9H,8H2,1H3,(H,18,22)(H,19,21)/t19-,20?;9-/m00/s1. The van der Waals surface area contributed by atoms with Crippen molar-refractivity contribution in [2.75, 3.05) is 22.1 Å². The molecule has 1 aromatic heterocycles. The number of anilines is 3. The van der Waals surface area contributed by atoms with Gasteiger partial charge in [0, 0.05) is 41.5 Å². The Hall–Kier alpha value is -6.81. The average molecular weight is 699 g/mol. The summed E-state index contributed by atoms with van der Waals surface area (Å²) in [5.41, 5.74) is 7.65. The van der Waals surface area contributed by atoms with Crippen molar-refractivity contribution in [3.05, 3.63) is 119 Å². The van der Waals surface area contributed by atoms with Gasteiger partial charge in [0.25, 0.3) is 17.7 Å². The zero-order valence-corrected chi connectivity index (χ0v) is 28.2. The van der Waals surface area contributed by atoms with E-state index in [-0.39, 0.29) is 41.6 Å². The first-order valence-electron chi connectivity index (χ1n) is 16.3. The summed E-state index contributed by atoms with van der Waals surface area (Å²) in [6, 6.07) is 23.7. The Kier molecular flexibility index (Phi) is 10.1. The fourth-order valence-electron chi connectivity index (χ4n) is 6.20. The van der Waals surface area contributed by atoms with Crippen molar-refractivity contribution in [2.45, 2.75) is 39.1 Å². The van der Waals surface area contributed by atoms with Gasteiger partial charge >= 0.3 is 0 Å². The van der Waals surface area contributed by atoms with E-state index in [1.165, 1.54) is 10.9 Å². The van der Waals surface area contributed by atoms with Crippen molar-refractivity contribution < 1.29 is 24.3 Å². The third-order valence-electron chi connectivity index (χ3n) is 8.67. The Morgan fingerprint density at radius 1 is 0.981 bits per heavy atom. The number of aromatic nitrogens is 2. The molecule has 0 bridgehead atoms. The number of aliphatic hydroxyl groups excluding tert-OH is 1. The lowest BCUT2D eigenvalue weighted by molar-refractivity contribution is -0.129. The number of hydrogen-bond donors (Lipinski definition) is 5. The molecule has 1 saturated heterocycles. The summed E-state index contributed by atoms with van der Waals surface area (Å²) in [5, 5.41) is 41.2. The van der Waals surface area contributed by atoms with Crippen LogP contribution in [0.4, 0.5) is 17.1 Å². The minimum Gasteiger partial charge on any atom is -0.392 e. The van der Waals surface area contributed by atoms with Crippen molar-refractivity contribution >= 4 is 40.7 Å². The zero-order chi connectivity index (χ0) is 36.9. The van der Waals surface area contributed by atoms with Crippen LogP contribution < -0.4 is 26.3 Å². The van der Waals surface area contributed by atoms with E-state index in [9.17, 15) is 24.3 Å². The summed E-state index contributed by atoms with van der Waals surface area (Å²) in [5.74, 6) is -1.84. The number of fused-ring (bicyclic) bond motifs is 2. The summed E-state index contributed by atoms with van der Waals surface area (Å²) in [4.78, 5) is 52.3. The monoisotopic (exact) mass is 698 g/mol. The number of rotatable bonds is 6. The Morgan fingerprint density at radius 2 is 1.63 bits per heavy atom. The molecule has 15 nitrogen and oxygen atoms in total. The molecular formula is C37H34N10O5. The van der Waals surface area contributed by atoms with Crippen molar-refractivity contribution in [3.8, 4) is 12.1 Å². The second-order valence-corrected chi connectivity index (χ2v) is 12.4. The molecular weight excluding hydrogens is 664 g/mol. The van der Waals surface area contributed by atoms with Gasteiger partial charge in [-0.1, -0.05) is 24.3 Å². The second-order valence-electron chi connectivity index (χ2n) is 12.4. The van der Waals surface area contributed by atoms with E-state index in [1.807, 2.05) is 32.2 Å². The van der Waals surface area contributed by atoms with E-state index in [2.05, 4.69) is 26.5 Å². The fourth-order valence-corrected chi connectivity index (χ4v) is 6.20. The summed E-state index contributed by atoms with van der Waals surface area (Å²) in [6.07, 6.45) is 3.20. The van der Waals surface area contributed by atoms with Crippen LogP contribution in [0.2, 0.25) is 0 Å². The van der Waals surface area contributed by atoms with Crippen LogP contribution in [0.5, 0.6) is 0 Å². The van der Waals surface area contributed by atoms with Crippen LogP contribution in [-0.2, 0) is 22.7 Å². The molecule has 3 aliphatic heterocycles. The van der Waals surface area contributed by atoms with Crippen LogP contribution >= 0.6 is 0 Å². The minimum atomic E-state index is -0.689. The van der Waals surface area contributed by atoms with Crippen LogP contribution in [0.3, 0.4) is 0 Å². The molecule has 0 saturated carbocycles. The lowest BCUT2D eigenvalue weighted by Crippen LogP contribution is -2.53. The van der Waals surface area contributed by atoms with Crippen LogP contribution in [-0.4, -0.2) is 62.2 Å². The zero-order valence-electron chi connectivity index (χ0n) is 28.2. The Bertz CT molecular complexity index is 2160. The summed E-state index contributed by atoms with van der Waals surface area (Å²) in [6.45, 7) is 4.48. The van der Waals surface area contributed by atoms with E-state index in [0.717, 1.165) is 11.3 Å². The average Bonchev–Trinajstić information content (AvgIpc) is 3.77. The molecule has 3 aromatic carbocycles. The molecule has 4 aromatic rings. The molecule has 15 heteroatoms. The maximum Gasteiger partial charge on any atom is 0.270 e. The molecule has 3 aliphatic rings. The molecule has 1 fully saturated rings. The number of aliphatic hydroxyl groups is 1. The molecule has 0 aliphatic carbocycles. The molecule has 3 atom stereocenters. The highest BCUT2D eigenvalue weighted by atomic mass is 16.3. The number of nitrogens with one attached hydrogen (secondary N) is 4. The maximum absolute atomic E-state index is 13.4. The highest BCUT2D eigenvalue weighted by Crippen LogP contribution is 2.31. The van der Waals surface area contributed by atoms with E-state index in [1.54, 1.807) is 82.7 Å². The minimum absolute atomic E-state index is 0.0249. The van der Waals surface area contributed by atoms with Gasteiger partial charge in [-0.2, -0.15) is 15.6 Å². The molecule has 0 spiro atoms. The number of carbonyl (C=O) groups is 4. The predicted molar refractivity (Wildman–Crippen MR) is 189 cm³/mol. The number of nitrogens with zero attached hydrogens (tertiary/aromatic N) is 6. The molecule has 4 amide bonds. The third-order valence-corrected chi connectivity index (χ3v) is 8.67. The quantitative estimate of drug-likeness (QED) is 0.199. The normalized spacial score (nSPS) is 18.7. The number of hydrazine groups is 1. The number of carbonyl (C=O) groups excluding carboxylic acids is 4. The van der Waals surface area contributed by atoms with Crippen molar-refractivity contribution in [3.63, 3.8) is 0 Å². The molecule has 4 heterocycles. The van der Waals surface area contributed by atoms with Crippen LogP contribution in [0.15, 0.2) is 90.9 Å². The van der Waals surface area contributed by atoms with Gasteiger partial charge in [-0.3, -0.25) is 28.8 Å². The molecule has 262 valence electrons. The summed E-state index contributed by atoms with van der Waals surface area (Å²) < 4.78 is 1.53. The lowest BCUT2D eigenvalue weighted by atomic mass is 9.97. The van der Waals surface area contributed by atoms with E-state index in [4.69, 9.17) is 10.5 Å². The van der Waals surface area contributed by atoms with Gasteiger partial charge in [0.05, 0.1) is 54.1 Å². The van der Waals surface area contributed by atoms with E-state index in [0.29, 0.717) is 41.3 Å². The molecule has 0 radical (unpaired) electrons. The Morgan fingerprint density at radius 3 is 2.27 bits per heavy atom. The van der Waals surface area contributed by atoms with Crippen LogP contribution in [0.25, 0.3) is 0 Å². The second kappa shape index (κ2) is 15.0. The summed E-state index contributed by atoms with van der Waals surface area (Å²) >= 11 is 0. The molecule has 52 heavy (non-hydrogen) atoms. The predicted octanol–water partition coefficient (Wildman–Crippen LogP) is 2.84. The van der Waals surface area contributed by atoms with Gasteiger partial charge in [-0.25, -0.2) is 5.43 Å². The largest absolute Gasteiger partial charge is 0.392 e. The van der Waals surface area contributed by atoms with E-state index < -0.39 is 17.9 Å². The van der Waals surface area contributed by atoms with Crippen molar-refractivity contribution in [1.82, 2.24) is 25.5 Å². The Balaban J connectivity index is 0.000000187. The first kappa shape index (κ1) is 35.0. The van der Waals surface area contributed by atoms with Gasteiger partial charge in [0.15, 0.2) is 0 Å². The number of amides is 4.